The summed E-state index contributed by atoms with van der Waals surface area (Å²) in [6, 6.07) is 0. The number of guanidine groups is 1. The lowest BCUT2D eigenvalue weighted by Gasteiger charge is -2.34. The monoisotopic (exact) mass is 974 g/mol. The number of unbranched alkanes of at least 4 members (excludes halogenated alkanes) is 3. The molecule has 0 fully saturated rings. The number of rotatable bonds is 11. The first-order valence-electron chi connectivity index (χ1n) is 26.2. The summed E-state index contributed by atoms with van der Waals surface area (Å²) >= 11 is 0. The number of ether oxygens (including phenoxy) is 1. The summed E-state index contributed by atoms with van der Waals surface area (Å²) in [6.45, 7) is 11.7. The summed E-state index contributed by atoms with van der Waals surface area (Å²) in [4.78, 5) is 18.3. The fraction of sp³-hybridized carbons (Fsp3) is 0.885. The minimum absolute atomic E-state index is 0.0277. The number of nitrogens with zero attached hydrogens (tertiary/aromatic N) is 1. The van der Waals surface area contributed by atoms with Crippen LogP contribution >= 0.6 is 0 Å². The molecule has 0 amide bonds. The minimum atomic E-state index is -1.38. The molecule has 0 aromatic rings. The Kier molecular flexibility index (Phi) is 33.6. The topological polar surface area (TPSA) is 313 Å². The van der Waals surface area contributed by atoms with E-state index in [0.717, 1.165) is 37.7 Å². The highest BCUT2D eigenvalue weighted by Crippen LogP contribution is 2.31. The molecule has 0 aliphatic carbocycles. The van der Waals surface area contributed by atoms with Gasteiger partial charge < -0.3 is 72.4 Å². The zero-order valence-corrected chi connectivity index (χ0v) is 42.7. The molecule has 1 heterocycles. The number of hydrogen-bond acceptors (Lipinski definition) is 14. The number of carbonyl (C=O) groups is 1. The molecule has 400 valence electrons. The van der Waals surface area contributed by atoms with Crippen molar-refractivity contribution in [1.29, 1.82) is 0 Å². The van der Waals surface area contributed by atoms with Crippen molar-refractivity contribution < 1.29 is 65.7 Å². The molecule has 0 bridgehead atoms. The van der Waals surface area contributed by atoms with Crippen LogP contribution in [0.5, 0.6) is 0 Å². The third kappa shape index (κ3) is 28.0. The van der Waals surface area contributed by atoms with Gasteiger partial charge in [-0.3, -0.25) is 9.79 Å². The van der Waals surface area contributed by atoms with E-state index in [9.17, 15) is 61.0 Å². The van der Waals surface area contributed by atoms with Gasteiger partial charge in [-0.25, -0.2) is 0 Å². The van der Waals surface area contributed by atoms with Crippen LogP contribution in [0.4, 0.5) is 0 Å². The molecule has 15 N–H and O–H groups in total. The molecule has 0 saturated carbocycles. The molecule has 16 atom stereocenters. The summed E-state index contributed by atoms with van der Waals surface area (Å²) < 4.78 is 6.38. The van der Waals surface area contributed by atoms with Crippen molar-refractivity contribution in [2.24, 2.45) is 40.1 Å². The Labute approximate surface area is 409 Å². The van der Waals surface area contributed by atoms with Gasteiger partial charge in [-0.15, -0.1) is 0 Å². The average molecular weight is 974 g/mol. The van der Waals surface area contributed by atoms with Crippen LogP contribution in [0.3, 0.4) is 0 Å². The normalized spacial score (nSPS) is 34.4. The minimum Gasteiger partial charge on any atom is -0.461 e. The number of esters is 1. The van der Waals surface area contributed by atoms with E-state index < -0.39 is 91.1 Å². The third-order valence-corrected chi connectivity index (χ3v) is 14.0. The molecule has 0 radical (unpaired) electrons. The molecule has 68 heavy (non-hydrogen) atoms. The zero-order valence-electron chi connectivity index (χ0n) is 42.7. The van der Waals surface area contributed by atoms with Crippen molar-refractivity contribution in [3.05, 3.63) is 23.3 Å². The number of nitrogens with two attached hydrogens (primary N) is 2. The molecule has 1 aliphatic rings. The van der Waals surface area contributed by atoms with E-state index in [1.807, 2.05) is 33.8 Å². The second kappa shape index (κ2) is 35.8. The fourth-order valence-electron chi connectivity index (χ4n) is 9.47. The van der Waals surface area contributed by atoms with Crippen LogP contribution in [0, 0.1) is 23.7 Å². The Morgan fingerprint density at radius 3 is 1.90 bits per heavy atom. The van der Waals surface area contributed by atoms with Crippen LogP contribution < -0.4 is 11.5 Å². The van der Waals surface area contributed by atoms with Crippen molar-refractivity contribution in [1.82, 2.24) is 0 Å². The molecule has 1 rings (SSSR count). The lowest BCUT2D eigenvalue weighted by molar-refractivity contribution is -0.167. The Hall–Kier alpha value is -2.22. The van der Waals surface area contributed by atoms with Crippen molar-refractivity contribution in [2.75, 3.05) is 6.54 Å². The number of aliphatic hydroxyl groups excluding tert-OH is 11. The van der Waals surface area contributed by atoms with E-state index in [-0.39, 0.29) is 43.5 Å². The molecule has 0 saturated heterocycles. The van der Waals surface area contributed by atoms with Crippen LogP contribution in [-0.4, -0.2) is 148 Å². The van der Waals surface area contributed by atoms with Crippen molar-refractivity contribution in [2.45, 2.75) is 262 Å². The molecule has 0 spiro atoms. The summed E-state index contributed by atoms with van der Waals surface area (Å²) in [5.41, 5.74) is 12.5. The standard InChI is InChI=1S/C52H99N3O13/c1-7-8-9-10-21-44-49(66)34(3)24-25-39(57)19-13-18-38(56)20-14-22-45(62)35(4)28-47(64)48(65)32-43(61)31-42(60)30-41(59)29-40(58)17-12-11-16-33(2)27-36(5)50(68-51(44)67)37(6)46(63)23-15-26-55-52(53)54/h27-28,34,36-50,56-66H,7-26,29-32H2,1-6H3,(H4,53,54,55)/t34-,36-,37-,38-,39+,40-,41-,42+,43-,44+,45-,46-,47+,48+,49-,50-/m1/s1. The maximum atomic E-state index is 14.3. The largest absolute Gasteiger partial charge is 0.461 e. The molecule has 16 heteroatoms. The van der Waals surface area contributed by atoms with Crippen LogP contribution in [0.1, 0.15) is 189 Å². The number of aliphatic hydroxyl groups is 11. The van der Waals surface area contributed by atoms with Crippen molar-refractivity contribution in [3.8, 4) is 0 Å². The van der Waals surface area contributed by atoms with Crippen molar-refractivity contribution >= 4 is 11.9 Å². The summed E-state index contributed by atoms with van der Waals surface area (Å²) in [5, 5.41) is 119. The number of hydrogen-bond donors (Lipinski definition) is 13. The lowest BCUT2D eigenvalue weighted by atomic mass is 9.83. The van der Waals surface area contributed by atoms with E-state index in [2.05, 4.69) is 11.9 Å². The van der Waals surface area contributed by atoms with Crippen LogP contribution in [0.25, 0.3) is 0 Å². The molecular formula is C52H99N3O13. The number of aliphatic imine (C=N–C) groups is 1. The van der Waals surface area contributed by atoms with Gasteiger partial charge in [0.05, 0.1) is 73.1 Å². The highest BCUT2D eigenvalue weighted by atomic mass is 16.5. The van der Waals surface area contributed by atoms with Gasteiger partial charge in [-0.1, -0.05) is 77.5 Å². The van der Waals surface area contributed by atoms with Gasteiger partial charge in [0.15, 0.2) is 5.96 Å². The SMILES string of the molecule is CCCCCC[C@@H]1C(=O)O[C@@H]([C@H](C)[C@H](O)CCCN=C(N)N)[C@H](C)C=C(C)CCCC[C@@H](O)C[C@@H](O)C[C@H](O)C[C@@H](O)C[C@H](O)[C@@H](O)C=C(C)[C@H](O)CCC[C@H](O)CCC[C@H](O)CC[C@@H](C)[C@H]1O. The molecule has 0 unspecified atom stereocenters. The van der Waals surface area contributed by atoms with E-state index in [0.29, 0.717) is 102 Å². The van der Waals surface area contributed by atoms with E-state index in [1.54, 1.807) is 6.92 Å². The third-order valence-electron chi connectivity index (χ3n) is 14.0. The Bertz CT molecular complexity index is 1420. The first-order chi connectivity index (χ1) is 32.0. The van der Waals surface area contributed by atoms with Crippen LogP contribution in [0.2, 0.25) is 0 Å². The highest BCUT2D eigenvalue weighted by Gasteiger charge is 2.37. The van der Waals surface area contributed by atoms with Crippen LogP contribution in [0.15, 0.2) is 28.3 Å². The first kappa shape index (κ1) is 63.8. The molecule has 0 aromatic heterocycles. The van der Waals surface area contributed by atoms with E-state index in [1.165, 1.54) is 6.08 Å². The van der Waals surface area contributed by atoms with E-state index >= 15 is 0 Å². The summed E-state index contributed by atoms with van der Waals surface area (Å²) in [5.74, 6) is -2.49. The average Bonchev–Trinajstić information content (AvgIpc) is 3.26. The van der Waals surface area contributed by atoms with Gasteiger partial charge in [0.25, 0.3) is 0 Å². The quantitative estimate of drug-likeness (QED) is 0.0444. The second-order valence-electron chi connectivity index (χ2n) is 20.6. The first-order valence-corrected chi connectivity index (χ1v) is 26.2. The number of allylic oxidation sites excluding steroid dienone is 1. The predicted octanol–water partition coefficient (Wildman–Crippen LogP) is 4.56. The second-order valence-corrected chi connectivity index (χ2v) is 20.6. The van der Waals surface area contributed by atoms with E-state index in [4.69, 9.17) is 16.2 Å². The van der Waals surface area contributed by atoms with Gasteiger partial charge in [0.1, 0.15) is 6.10 Å². The maximum absolute atomic E-state index is 14.3. The molecule has 0 aromatic carbocycles. The predicted molar refractivity (Wildman–Crippen MR) is 267 cm³/mol. The summed E-state index contributed by atoms with van der Waals surface area (Å²) in [7, 11) is 0. The Morgan fingerprint density at radius 1 is 0.706 bits per heavy atom. The van der Waals surface area contributed by atoms with Crippen molar-refractivity contribution in [3.63, 3.8) is 0 Å². The highest BCUT2D eigenvalue weighted by molar-refractivity contribution is 5.75. The summed E-state index contributed by atoms with van der Waals surface area (Å²) in [6.07, 6.45) is 2.10. The smallest absolute Gasteiger partial charge is 0.311 e. The molecule has 1 aliphatic heterocycles. The zero-order chi connectivity index (χ0) is 51.3. The lowest BCUT2D eigenvalue weighted by Crippen LogP contribution is -2.42. The van der Waals surface area contributed by atoms with Gasteiger partial charge in [-0.05, 0) is 134 Å². The van der Waals surface area contributed by atoms with Gasteiger partial charge in [-0.2, -0.15) is 0 Å². The van der Waals surface area contributed by atoms with Gasteiger partial charge in [0.2, 0.25) is 0 Å². The van der Waals surface area contributed by atoms with Gasteiger partial charge >= 0.3 is 5.97 Å². The van der Waals surface area contributed by atoms with Crippen LogP contribution in [-0.2, 0) is 9.53 Å². The molecule has 16 nitrogen and oxygen atoms in total. The maximum Gasteiger partial charge on any atom is 0.311 e. The Morgan fingerprint density at radius 2 is 1.28 bits per heavy atom. The van der Waals surface area contributed by atoms with Gasteiger partial charge in [0, 0.05) is 24.8 Å². The number of cyclic esters (lactones) is 1. The number of carbonyl (C=O) groups excluding carboxylic acids is 1. The molecular weight excluding hydrogens is 875 g/mol. The Balaban J connectivity index is 3.33. The fourth-order valence-corrected chi connectivity index (χ4v) is 9.47.